The highest BCUT2D eigenvalue weighted by Crippen LogP contribution is 2.40. The van der Waals surface area contributed by atoms with E-state index < -0.39 is 0 Å². The highest BCUT2D eigenvalue weighted by atomic mass is 32.1. The minimum atomic E-state index is 0.487. The summed E-state index contributed by atoms with van der Waals surface area (Å²) in [6.07, 6.45) is 11.3. The molecule has 2 aliphatic carbocycles. The molecule has 2 nitrogen and oxygen atoms in total. The zero-order valence-electron chi connectivity index (χ0n) is 13.0. The van der Waals surface area contributed by atoms with E-state index in [0.29, 0.717) is 5.54 Å². The second kappa shape index (κ2) is 6.02. The summed E-state index contributed by atoms with van der Waals surface area (Å²) in [5, 5.41) is 6.14. The van der Waals surface area contributed by atoms with Gasteiger partial charge >= 0.3 is 0 Å². The van der Waals surface area contributed by atoms with Crippen molar-refractivity contribution >= 4 is 11.3 Å². The Labute approximate surface area is 132 Å². The largest absolute Gasteiger partial charge is 0.311 e. The van der Waals surface area contributed by atoms with Crippen molar-refractivity contribution in [1.29, 1.82) is 0 Å². The van der Waals surface area contributed by atoms with Crippen LogP contribution in [0.15, 0.2) is 17.5 Å². The zero-order chi connectivity index (χ0) is 14.1. The van der Waals surface area contributed by atoms with Gasteiger partial charge in [-0.2, -0.15) is 0 Å². The van der Waals surface area contributed by atoms with Crippen LogP contribution < -0.4 is 5.32 Å². The Bertz CT molecular complexity index is 446. The van der Waals surface area contributed by atoms with E-state index in [4.69, 9.17) is 0 Å². The van der Waals surface area contributed by atoms with Gasteiger partial charge < -0.3 is 5.32 Å². The van der Waals surface area contributed by atoms with E-state index >= 15 is 0 Å². The summed E-state index contributed by atoms with van der Waals surface area (Å²) in [5.74, 6) is 0.982. The molecule has 0 radical (unpaired) electrons. The molecule has 4 rings (SSSR count). The van der Waals surface area contributed by atoms with Crippen molar-refractivity contribution in [3.63, 3.8) is 0 Å². The summed E-state index contributed by atoms with van der Waals surface area (Å²) in [6, 6.07) is 5.28. The van der Waals surface area contributed by atoms with Crippen LogP contribution in [-0.2, 0) is 6.42 Å². The van der Waals surface area contributed by atoms with E-state index in [0.717, 1.165) is 12.0 Å². The molecule has 3 aliphatic rings. The van der Waals surface area contributed by atoms with Crippen LogP contribution in [0.1, 0.15) is 49.8 Å². The first-order chi connectivity index (χ1) is 10.4. The third-order valence-corrected chi connectivity index (χ3v) is 6.90. The topological polar surface area (TPSA) is 15.3 Å². The van der Waals surface area contributed by atoms with Crippen LogP contribution in [-0.4, -0.2) is 36.1 Å². The summed E-state index contributed by atoms with van der Waals surface area (Å²) in [6.45, 7) is 3.82. The Hall–Kier alpha value is -0.380. The van der Waals surface area contributed by atoms with E-state index in [9.17, 15) is 0 Å². The summed E-state index contributed by atoms with van der Waals surface area (Å²) in [4.78, 5) is 4.45. The number of nitrogens with one attached hydrogen (secondary N) is 1. The molecule has 21 heavy (non-hydrogen) atoms. The zero-order valence-corrected chi connectivity index (χ0v) is 13.8. The van der Waals surface area contributed by atoms with Gasteiger partial charge in [0, 0.05) is 36.1 Å². The Balaban J connectivity index is 1.45. The van der Waals surface area contributed by atoms with Gasteiger partial charge in [0.15, 0.2) is 0 Å². The van der Waals surface area contributed by atoms with Crippen molar-refractivity contribution in [3.05, 3.63) is 22.4 Å². The lowest BCUT2D eigenvalue weighted by atomic mass is 9.78. The van der Waals surface area contributed by atoms with Crippen molar-refractivity contribution in [1.82, 2.24) is 10.2 Å². The molecule has 1 saturated heterocycles. The van der Waals surface area contributed by atoms with Gasteiger partial charge in [0.25, 0.3) is 0 Å². The van der Waals surface area contributed by atoms with Crippen LogP contribution in [0, 0.1) is 5.92 Å². The van der Waals surface area contributed by atoms with E-state index in [1.807, 2.05) is 11.3 Å². The number of rotatable bonds is 4. The molecule has 2 heterocycles. The minimum absolute atomic E-state index is 0.487. The second-order valence-corrected chi connectivity index (χ2v) is 8.42. The number of hydrogen-bond acceptors (Lipinski definition) is 3. The minimum Gasteiger partial charge on any atom is -0.311 e. The molecule has 1 atom stereocenters. The Kier molecular flexibility index (Phi) is 4.08. The Morgan fingerprint density at radius 2 is 2.10 bits per heavy atom. The molecular formula is C18H28N2S. The first kappa shape index (κ1) is 14.2. The maximum atomic E-state index is 3.93. The van der Waals surface area contributed by atoms with Crippen LogP contribution in [0.4, 0.5) is 0 Å². The van der Waals surface area contributed by atoms with Crippen molar-refractivity contribution < 1.29 is 0 Å². The van der Waals surface area contributed by atoms with Crippen LogP contribution in [0.5, 0.6) is 0 Å². The van der Waals surface area contributed by atoms with E-state index in [-0.39, 0.29) is 0 Å². The van der Waals surface area contributed by atoms with Crippen LogP contribution in [0.25, 0.3) is 0 Å². The molecule has 3 fully saturated rings. The average Bonchev–Trinajstić information content (AvgIpc) is 3.24. The standard InChI is InChI=1S/C18H28N2S/c1-2-9-18(10-3-1)14-19-17(15-6-7-15)13-20(18)11-8-16-5-4-12-21-16/h4-5,12,15,17,19H,1-3,6-11,13-14H2. The van der Waals surface area contributed by atoms with Gasteiger partial charge in [0.05, 0.1) is 0 Å². The van der Waals surface area contributed by atoms with E-state index in [2.05, 4.69) is 27.7 Å². The Morgan fingerprint density at radius 3 is 2.81 bits per heavy atom. The normalized spacial score (nSPS) is 29.8. The fraction of sp³-hybridized carbons (Fsp3) is 0.778. The predicted molar refractivity (Wildman–Crippen MR) is 89.9 cm³/mol. The summed E-state index contributed by atoms with van der Waals surface area (Å²) in [7, 11) is 0. The fourth-order valence-electron chi connectivity index (χ4n) is 4.47. The molecule has 0 amide bonds. The average molecular weight is 305 g/mol. The van der Waals surface area contributed by atoms with E-state index in [1.54, 1.807) is 4.88 Å². The molecule has 1 N–H and O–H groups in total. The number of piperazine rings is 1. The molecule has 1 spiro atoms. The van der Waals surface area contributed by atoms with Crippen LogP contribution in [0.2, 0.25) is 0 Å². The molecule has 1 unspecified atom stereocenters. The fourth-order valence-corrected chi connectivity index (χ4v) is 5.17. The first-order valence-corrected chi connectivity index (χ1v) is 9.75. The third kappa shape index (κ3) is 3.06. The third-order valence-electron chi connectivity index (χ3n) is 5.96. The maximum absolute atomic E-state index is 3.93. The molecule has 0 aromatic carbocycles. The van der Waals surface area contributed by atoms with Crippen molar-refractivity contribution in [2.24, 2.45) is 5.92 Å². The van der Waals surface area contributed by atoms with Gasteiger partial charge in [-0.15, -0.1) is 11.3 Å². The van der Waals surface area contributed by atoms with Gasteiger partial charge in [-0.05, 0) is 49.5 Å². The molecule has 3 heteroatoms. The van der Waals surface area contributed by atoms with Gasteiger partial charge in [-0.3, -0.25) is 4.90 Å². The molecule has 1 aromatic heterocycles. The Morgan fingerprint density at radius 1 is 1.24 bits per heavy atom. The summed E-state index contributed by atoms with van der Waals surface area (Å²) < 4.78 is 0. The van der Waals surface area contributed by atoms with Crippen molar-refractivity contribution in [2.45, 2.75) is 62.9 Å². The van der Waals surface area contributed by atoms with E-state index in [1.165, 1.54) is 71.0 Å². The van der Waals surface area contributed by atoms with Crippen LogP contribution in [0.3, 0.4) is 0 Å². The molecule has 1 aliphatic heterocycles. The highest BCUT2D eigenvalue weighted by molar-refractivity contribution is 7.09. The second-order valence-electron chi connectivity index (χ2n) is 7.39. The van der Waals surface area contributed by atoms with Gasteiger partial charge in [0.1, 0.15) is 0 Å². The SMILES string of the molecule is c1csc(CCN2CC(C3CC3)NCC23CCCCC3)c1. The maximum Gasteiger partial charge on any atom is 0.0334 e. The van der Waals surface area contributed by atoms with Gasteiger partial charge in [-0.25, -0.2) is 0 Å². The molecule has 0 bridgehead atoms. The molecular weight excluding hydrogens is 276 g/mol. The molecule has 116 valence electrons. The lowest BCUT2D eigenvalue weighted by Gasteiger charge is -2.52. The smallest absolute Gasteiger partial charge is 0.0334 e. The van der Waals surface area contributed by atoms with Crippen molar-refractivity contribution in [3.8, 4) is 0 Å². The highest BCUT2D eigenvalue weighted by Gasteiger charge is 2.45. The lowest BCUT2D eigenvalue weighted by Crippen LogP contribution is -2.66. The number of thiophene rings is 1. The van der Waals surface area contributed by atoms with Gasteiger partial charge in [0.2, 0.25) is 0 Å². The first-order valence-electron chi connectivity index (χ1n) is 8.87. The van der Waals surface area contributed by atoms with Crippen molar-refractivity contribution in [2.75, 3.05) is 19.6 Å². The summed E-state index contributed by atoms with van der Waals surface area (Å²) in [5.41, 5.74) is 0.487. The number of hydrogen-bond donors (Lipinski definition) is 1. The quantitative estimate of drug-likeness (QED) is 0.913. The number of nitrogens with zero attached hydrogens (tertiary/aromatic N) is 1. The van der Waals surface area contributed by atoms with Crippen LogP contribution >= 0.6 is 11.3 Å². The van der Waals surface area contributed by atoms with Gasteiger partial charge in [-0.1, -0.05) is 25.3 Å². The molecule has 1 aromatic rings. The summed E-state index contributed by atoms with van der Waals surface area (Å²) >= 11 is 1.92. The predicted octanol–water partition coefficient (Wildman–Crippen LogP) is 3.68. The lowest BCUT2D eigenvalue weighted by molar-refractivity contribution is 0.00724. The molecule has 2 saturated carbocycles. The monoisotopic (exact) mass is 304 g/mol.